The van der Waals surface area contributed by atoms with Gasteiger partial charge in [0, 0.05) is 12.8 Å². The van der Waals surface area contributed by atoms with Crippen LogP contribution in [0, 0.1) is 0 Å². The number of allylic oxidation sites excluding steroid dienone is 15. The predicted octanol–water partition coefficient (Wildman–Crippen LogP) is 11.3. The van der Waals surface area contributed by atoms with Crippen LogP contribution in [0.5, 0.6) is 0 Å². The van der Waals surface area contributed by atoms with Crippen LogP contribution < -0.4 is 0 Å². The fourth-order valence-electron chi connectivity index (χ4n) is 5.55. The molecule has 0 aromatic rings. The normalized spacial score (nSPS) is 15.4. The lowest BCUT2D eigenvalue weighted by molar-refractivity contribution is -0.870. The van der Waals surface area contributed by atoms with Gasteiger partial charge < -0.3 is 29.1 Å². The van der Waals surface area contributed by atoms with Crippen LogP contribution in [0.25, 0.3) is 0 Å². The number of quaternary nitrogens is 1. The second-order valence-corrected chi connectivity index (χ2v) is 17.8. The van der Waals surface area contributed by atoms with Gasteiger partial charge in [-0.2, -0.15) is 0 Å². The molecule has 0 saturated carbocycles. The molecular formula is C50H85NO10P+. The zero-order valence-corrected chi connectivity index (χ0v) is 39.9. The van der Waals surface area contributed by atoms with Crippen LogP contribution in [-0.4, -0.2) is 97.3 Å². The van der Waals surface area contributed by atoms with E-state index in [1.54, 1.807) is 0 Å². The highest BCUT2D eigenvalue weighted by atomic mass is 31.2. The summed E-state index contributed by atoms with van der Waals surface area (Å²) in [6.45, 7) is 3.87. The molecule has 4 atom stereocenters. The topological polar surface area (TPSA) is 149 Å². The molecule has 0 heterocycles. The van der Waals surface area contributed by atoms with Crippen molar-refractivity contribution >= 4 is 19.8 Å². The first kappa shape index (κ1) is 58.9. The van der Waals surface area contributed by atoms with Gasteiger partial charge in [-0.25, -0.2) is 4.57 Å². The van der Waals surface area contributed by atoms with Crippen LogP contribution in [0.1, 0.15) is 142 Å². The van der Waals surface area contributed by atoms with Crippen molar-refractivity contribution in [2.75, 3.05) is 47.5 Å². The van der Waals surface area contributed by atoms with E-state index in [0.29, 0.717) is 17.4 Å². The molecule has 3 N–H and O–H groups in total. The Labute approximate surface area is 376 Å². The van der Waals surface area contributed by atoms with E-state index in [1.165, 1.54) is 25.7 Å². The Hall–Kier alpha value is -3.15. The number of aliphatic hydroxyl groups excluding tert-OH is 2. The van der Waals surface area contributed by atoms with E-state index in [4.69, 9.17) is 18.5 Å². The number of hydrogen-bond acceptors (Lipinski definition) is 9. The van der Waals surface area contributed by atoms with Crippen LogP contribution in [-0.2, 0) is 32.7 Å². The standard InChI is InChI=1S/C50H84NO10P/c1-6-8-10-12-14-16-18-20-21-22-23-24-25-26-28-30-32-34-36-40-49(54)58-44-46(45-60-62(56,57)59-43-42-51(3,4)5)61-50(55)41-37-39-48(53)47(52)38-35-33-31-29-27-19-17-15-13-11-9-7-2/h9,11,14-17,20-21,23-24,26-29,33,35,46-48,52-53H,6-8,10,12-13,18-19,22,25,30-32,34,36-45H2,1-5H3/p+1/b11-9-,16-14-,17-15-,21-20-,24-23-,28-26-,29-27-,35-33-/t46-,47-,48-/m1/s1. The Morgan fingerprint density at radius 1 is 0.581 bits per heavy atom. The first-order chi connectivity index (χ1) is 29.8. The summed E-state index contributed by atoms with van der Waals surface area (Å²) in [5.74, 6) is -1.13. The fourth-order valence-corrected chi connectivity index (χ4v) is 6.29. The van der Waals surface area contributed by atoms with Gasteiger partial charge in [0.15, 0.2) is 6.10 Å². The monoisotopic (exact) mass is 891 g/mol. The number of rotatable bonds is 40. The molecule has 1 unspecified atom stereocenters. The quantitative estimate of drug-likeness (QED) is 0.0178. The number of phosphoric ester groups is 1. The SMILES string of the molecule is CC/C=C\C/C=C\C/C=C\C/C=C\C[C@@H](O)[C@H](O)CCCC(=O)O[C@H](COC(=O)CCCCC/C=C\C/C=C\C/C=C\C/C=C\CCCCC)COP(=O)(O)OCC[N+](C)(C)C. The number of ether oxygens (including phenoxy) is 2. The Bertz CT molecular complexity index is 1410. The molecule has 0 spiro atoms. The molecule has 0 rings (SSSR count). The largest absolute Gasteiger partial charge is 0.472 e. The number of nitrogens with zero attached hydrogens (tertiary/aromatic N) is 1. The number of likely N-dealkylation sites (N-methyl/N-ethyl adjacent to an activating group) is 1. The van der Waals surface area contributed by atoms with Crippen molar-refractivity contribution in [3.8, 4) is 0 Å². The van der Waals surface area contributed by atoms with Crippen LogP contribution in [0.15, 0.2) is 97.2 Å². The molecule has 0 aliphatic carbocycles. The number of carbonyl (C=O) groups excluding carboxylic acids is 2. The van der Waals surface area contributed by atoms with Crippen LogP contribution in [0.4, 0.5) is 0 Å². The summed E-state index contributed by atoms with van der Waals surface area (Å²) in [6.07, 6.45) is 46.3. The lowest BCUT2D eigenvalue weighted by Crippen LogP contribution is -2.37. The van der Waals surface area contributed by atoms with Crippen molar-refractivity contribution in [1.29, 1.82) is 0 Å². The van der Waals surface area contributed by atoms with Crippen molar-refractivity contribution in [1.82, 2.24) is 0 Å². The minimum Gasteiger partial charge on any atom is -0.462 e. The molecule has 11 nitrogen and oxygen atoms in total. The summed E-state index contributed by atoms with van der Waals surface area (Å²) in [4.78, 5) is 35.5. The molecule has 354 valence electrons. The van der Waals surface area contributed by atoms with Gasteiger partial charge in [-0.05, 0) is 96.3 Å². The third kappa shape index (κ3) is 42.2. The van der Waals surface area contributed by atoms with E-state index in [1.807, 2.05) is 39.4 Å². The summed E-state index contributed by atoms with van der Waals surface area (Å²) in [6, 6.07) is 0. The van der Waals surface area contributed by atoms with Gasteiger partial charge in [-0.1, -0.05) is 130 Å². The highest BCUT2D eigenvalue weighted by Crippen LogP contribution is 2.43. The lowest BCUT2D eigenvalue weighted by atomic mass is 10.0. The Kier molecular flexibility index (Phi) is 38.5. The van der Waals surface area contributed by atoms with Crippen molar-refractivity contribution in [3.63, 3.8) is 0 Å². The van der Waals surface area contributed by atoms with Crippen LogP contribution in [0.2, 0.25) is 0 Å². The zero-order chi connectivity index (χ0) is 46.0. The molecule has 0 aromatic carbocycles. The van der Waals surface area contributed by atoms with E-state index >= 15 is 0 Å². The molecule has 0 aromatic heterocycles. The van der Waals surface area contributed by atoms with E-state index in [9.17, 15) is 29.3 Å². The Morgan fingerprint density at radius 2 is 1.08 bits per heavy atom. The molecule has 0 aliphatic heterocycles. The summed E-state index contributed by atoms with van der Waals surface area (Å²) >= 11 is 0. The lowest BCUT2D eigenvalue weighted by Gasteiger charge is -2.24. The van der Waals surface area contributed by atoms with Gasteiger partial charge >= 0.3 is 19.8 Å². The molecule has 0 amide bonds. The second kappa shape index (κ2) is 40.6. The van der Waals surface area contributed by atoms with Gasteiger partial charge in [0.1, 0.15) is 19.8 Å². The van der Waals surface area contributed by atoms with Gasteiger partial charge in [-0.3, -0.25) is 18.6 Å². The highest BCUT2D eigenvalue weighted by molar-refractivity contribution is 7.47. The molecule has 0 aliphatic rings. The molecule has 12 heteroatoms. The molecule has 0 bridgehead atoms. The number of carbonyl (C=O) groups is 2. The minimum atomic E-state index is -4.47. The maximum atomic E-state index is 12.7. The van der Waals surface area contributed by atoms with E-state index in [0.717, 1.165) is 64.2 Å². The summed E-state index contributed by atoms with van der Waals surface area (Å²) in [5, 5.41) is 20.8. The smallest absolute Gasteiger partial charge is 0.462 e. The molecule has 0 fully saturated rings. The molecular weight excluding hydrogens is 806 g/mol. The van der Waals surface area contributed by atoms with Gasteiger partial charge in [0.05, 0.1) is 40.0 Å². The van der Waals surface area contributed by atoms with Crippen molar-refractivity contribution in [2.45, 2.75) is 161 Å². The number of unbranched alkanes of at least 4 members (excludes halogenated alkanes) is 6. The first-order valence-electron chi connectivity index (χ1n) is 23.1. The average Bonchev–Trinajstić information content (AvgIpc) is 3.22. The average molecular weight is 891 g/mol. The minimum absolute atomic E-state index is 0.0322. The second-order valence-electron chi connectivity index (χ2n) is 16.4. The summed E-state index contributed by atoms with van der Waals surface area (Å²) in [7, 11) is 1.26. The number of phosphoric acid groups is 1. The zero-order valence-electron chi connectivity index (χ0n) is 39.0. The van der Waals surface area contributed by atoms with Crippen LogP contribution >= 0.6 is 7.82 Å². The number of esters is 2. The van der Waals surface area contributed by atoms with Crippen molar-refractivity contribution in [3.05, 3.63) is 97.2 Å². The number of hydrogen-bond donors (Lipinski definition) is 3. The third-order valence-electron chi connectivity index (χ3n) is 9.30. The fraction of sp³-hybridized carbons (Fsp3) is 0.640. The van der Waals surface area contributed by atoms with Gasteiger partial charge in [0.25, 0.3) is 0 Å². The maximum Gasteiger partial charge on any atom is 0.472 e. The van der Waals surface area contributed by atoms with Gasteiger partial charge in [0.2, 0.25) is 0 Å². The highest BCUT2D eigenvalue weighted by Gasteiger charge is 2.27. The summed E-state index contributed by atoms with van der Waals surface area (Å²) < 4.78 is 34.1. The van der Waals surface area contributed by atoms with E-state index < -0.39 is 44.7 Å². The Balaban J connectivity index is 4.65. The van der Waals surface area contributed by atoms with E-state index in [-0.39, 0.29) is 45.3 Å². The van der Waals surface area contributed by atoms with Crippen molar-refractivity contribution in [2.24, 2.45) is 0 Å². The van der Waals surface area contributed by atoms with Crippen LogP contribution in [0.3, 0.4) is 0 Å². The van der Waals surface area contributed by atoms with Gasteiger partial charge in [-0.15, -0.1) is 0 Å². The molecule has 0 radical (unpaired) electrons. The maximum absolute atomic E-state index is 12.7. The Morgan fingerprint density at radius 3 is 1.61 bits per heavy atom. The summed E-state index contributed by atoms with van der Waals surface area (Å²) in [5.41, 5.74) is 0. The van der Waals surface area contributed by atoms with E-state index in [2.05, 4.69) is 92.8 Å². The molecule has 62 heavy (non-hydrogen) atoms. The predicted molar refractivity (Wildman–Crippen MR) is 254 cm³/mol. The first-order valence-corrected chi connectivity index (χ1v) is 24.6. The number of aliphatic hydroxyl groups is 2. The molecule has 0 saturated heterocycles. The van der Waals surface area contributed by atoms with Crippen molar-refractivity contribution < 1.29 is 52.3 Å². The third-order valence-corrected chi connectivity index (χ3v) is 10.3.